The highest BCUT2D eigenvalue weighted by molar-refractivity contribution is 5.91. The van der Waals surface area contributed by atoms with E-state index in [0.29, 0.717) is 11.4 Å². The Bertz CT molecular complexity index is 499. The monoisotopic (exact) mass is 270 g/mol. The molecule has 19 heavy (non-hydrogen) atoms. The minimum absolute atomic E-state index is 0.110. The van der Waals surface area contributed by atoms with E-state index in [4.69, 9.17) is 0 Å². The molecule has 0 aliphatic carbocycles. The highest BCUT2D eigenvalue weighted by Gasteiger charge is 2.33. The SMILES string of the molecule is CC(C)c1ncnc2c1CN(CC(C)(F)F)C(=O)N2. The molecule has 5 nitrogen and oxygen atoms in total. The first-order valence-corrected chi connectivity index (χ1v) is 6.05. The number of urea groups is 1. The number of fused-ring (bicyclic) bond motifs is 1. The van der Waals surface area contributed by atoms with Gasteiger partial charge in [-0.3, -0.25) is 5.32 Å². The summed E-state index contributed by atoms with van der Waals surface area (Å²) >= 11 is 0. The van der Waals surface area contributed by atoms with Crippen LogP contribution in [-0.4, -0.2) is 33.4 Å². The third-order valence-corrected chi connectivity index (χ3v) is 2.86. The van der Waals surface area contributed by atoms with Gasteiger partial charge in [-0.1, -0.05) is 13.8 Å². The molecule has 1 aliphatic heterocycles. The number of amides is 2. The van der Waals surface area contributed by atoms with Gasteiger partial charge in [0.25, 0.3) is 5.92 Å². The van der Waals surface area contributed by atoms with Crippen LogP contribution in [0.2, 0.25) is 0 Å². The highest BCUT2D eigenvalue weighted by atomic mass is 19.3. The van der Waals surface area contributed by atoms with Crippen molar-refractivity contribution in [2.45, 2.75) is 39.2 Å². The van der Waals surface area contributed by atoms with Gasteiger partial charge >= 0.3 is 6.03 Å². The molecular weight excluding hydrogens is 254 g/mol. The summed E-state index contributed by atoms with van der Waals surface area (Å²) in [6, 6.07) is -0.553. The van der Waals surface area contributed by atoms with E-state index in [-0.39, 0.29) is 12.5 Å². The zero-order valence-electron chi connectivity index (χ0n) is 11.1. The van der Waals surface area contributed by atoms with Gasteiger partial charge in [0.15, 0.2) is 0 Å². The number of hydrogen-bond donors (Lipinski definition) is 1. The van der Waals surface area contributed by atoms with Crippen molar-refractivity contribution in [3.8, 4) is 0 Å². The minimum atomic E-state index is -2.93. The summed E-state index contributed by atoms with van der Waals surface area (Å²) in [6.45, 7) is 4.19. The second-order valence-electron chi connectivity index (χ2n) is 5.10. The summed E-state index contributed by atoms with van der Waals surface area (Å²) < 4.78 is 26.1. The minimum Gasteiger partial charge on any atom is -0.314 e. The van der Waals surface area contributed by atoms with E-state index in [1.165, 1.54) is 6.33 Å². The molecule has 0 saturated carbocycles. The first-order valence-electron chi connectivity index (χ1n) is 6.05. The number of alkyl halides is 2. The number of rotatable bonds is 3. The molecule has 104 valence electrons. The maximum atomic E-state index is 13.1. The molecule has 0 fully saturated rings. The Balaban J connectivity index is 2.32. The lowest BCUT2D eigenvalue weighted by Crippen LogP contribution is -2.45. The van der Waals surface area contributed by atoms with Crippen LogP contribution >= 0.6 is 0 Å². The van der Waals surface area contributed by atoms with Gasteiger partial charge in [0.2, 0.25) is 0 Å². The van der Waals surface area contributed by atoms with Crippen LogP contribution in [0.4, 0.5) is 19.4 Å². The van der Waals surface area contributed by atoms with E-state index >= 15 is 0 Å². The number of nitrogens with zero attached hydrogens (tertiary/aromatic N) is 3. The second-order valence-corrected chi connectivity index (χ2v) is 5.10. The van der Waals surface area contributed by atoms with Crippen molar-refractivity contribution in [3.05, 3.63) is 17.6 Å². The van der Waals surface area contributed by atoms with Crippen LogP contribution in [0.25, 0.3) is 0 Å². The number of halogens is 2. The lowest BCUT2D eigenvalue weighted by atomic mass is 10.0. The van der Waals surface area contributed by atoms with Crippen molar-refractivity contribution >= 4 is 11.8 Å². The molecule has 0 atom stereocenters. The fourth-order valence-electron chi connectivity index (χ4n) is 2.09. The van der Waals surface area contributed by atoms with Crippen molar-refractivity contribution in [1.82, 2.24) is 14.9 Å². The predicted molar refractivity (Wildman–Crippen MR) is 66.2 cm³/mol. The van der Waals surface area contributed by atoms with Crippen LogP contribution in [0.5, 0.6) is 0 Å². The first kappa shape index (κ1) is 13.6. The topological polar surface area (TPSA) is 58.1 Å². The van der Waals surface area contributed by atoms with Crippen LogP contribution in [0.15, 0.2) is 6.33 Å². The maximum absolute atomic E-state index is 13.1. The molecule has 1 aromatic rings. The van der Waals surface area contributed by atoms with E-state index in [2.05, 4.69) is 15.3 Å². The van der Waals surface area contributed by atoms with E-state index in [1.54, 1.807) is 0 Å². The Labute approximate surface area is 110 Å². The number of carbonyl (C=O) groups excluding carboxylic acids is 1. The molecular formula is C12H16F2N4O. The Morgan fingerprint density at radius 3 is 2.74 bits per heavy atom. The molecule has 2 rings (SSSR count). The zero-order chi connectivity index (χ0) is 14.2. The smallest absolute Gasteiger partial charge is 0.314 e. The lowest BCUT2D eigenvalue weighted by Gasteiger charge is -2.31. The second kappa shape index (κ2) is 4.71. The van der Waals surface area contributed by atoms with Gasteiger partial charge in [-0.15, -0.1) is 0 Å². The molecule has 0 radical (unpaired) electrons. The van der Waals surface area contributed by atoms with Gasteiger partial charge in [0.1, 0.15) is 12.1 Å². The van der Waals surface area contributed by atoms with Crippen LogP contribution < -0.4 is 5.32 Å². The summed E-state index contributed by atoms with van der Waals surface area (Å²) in [6.07, 6.45) is 1.37. The highest BCUT2D eigenvalue weighted by Crippen LogP contribution is 2.28. The van der Waals surface area contributed by atoms with Crippen LogP contribution in [0.1, 0.15) is 37.9 Å². The molecule has 0 saturated heterocycles. The fraction of sp³-hybridized carbons (Fsp3) is 0.583. The van der Waals surface area contributed by atoms with E-state index < -0.39 is 18.5 Å². The molecule has 0 spiro atoms. The van der Waals surface area contributed by atoms with E-state index in [1.807, 2.05) is 13.8 Å². The molecule has 2 heterocycles. The number of aromatic nitrogens is 2. The Morgan fingerprint density at radius 1 is 1.47 bits per heavy atom. The average Bonchev–Trinajstić information content (AvgIpc) is 2.27. The van der Waals surface area contributed by atoms with Crippen molar-refractivity contribution in [3.63, 3.8) is 0 Å². The van der Waals surface area contributed by atoms with Gasteiger partial charge in [-0.25, -0.2) is 23.5 Å². The molecule has 1 aromatic heterocycles. The van der Waals surface area contributed by atoms with Crippen molar-refractivity contribution < 1.29 is 13.6 Å². The zero-order valence-corrected chi connectivity index (χ0v) is 11.1. The summed E-state index contributed by atoms with van der Waals surface area (Å²) in [4.78, 5) is 21.0. The van der Waals surface area contributed by atoms with Gasteiger partial charge in [-0.05, 0) is 5.92 Å². The number of anilines is 1. The predicted octanol–water partition coefficient (Wildman–Crippen LogP) is 2.60. The standard InChI is InChI=1S/C12H16F2N4O/c1-7(2)9-8-4-18(5-12(3,13)14)11(19)17-10(8)16-6-15-9/h6-7H,4-5H2,1-3H3,(H,15,16,17,19). The first-order chi connectivity index (χ1) is 8.78. The quantitative estimate of drug-likeness (QED) is 0.918. The summed E-state index contributed by atoms with van der Waals surface area (Å²) in [7, 11) is 0. The van der Waals surface area contributed by atoms with Crippen LogP contribution in [0.3, 0.4) is 0 Å². The molecule has 2 amide bonds. The third-order valence-electron chi connectivity index (χ3n) is 2.86. The van der Waals surface area contributed by atoms with Gasteiger partial charge < -0.3 is 4.90 Å². The summed E-state index contributed by atoms with van der Waals surface area (Å²) in [5, 5.41) is 2.53. The normalized spacial score (nSPS) is 15.5. The van der Waals surface area contributed by atoms with Crippen molar-refractivity contribution in [2.75, 3.05) is 11.9 Å². The average molecular weight is 270 g/mol. The molecule has 7 heteroatoms. The molecule has 1 aliphatic rings. The molecule has 0 aromatic carbocycles. The van der Waals surface area contributed by atoms with Crippen LogP contribution in [0, 0.1) is 0 Å². The molecule has 0 bridgehead atoms. The van der Waals surface area contributed by atoms with Gasteiger partial charge in [0.05, 0.1) is 18.8 Å². The van der Waals surface area contributed by atoms with Crippen LogP contribution in [-0.2, 0) is 6.54 Å². The molecule has 1 N–H and O–H groups in total. The summed E-state index contributed by atoms with van der Waals surface area (Å²) in [5.41, 5.74) is 1.48. The van der Waals surface area contributed by atoms with Crippen molar-refractivity contribution in [1.29, 1.82) is 0 Å². The van der Waals surface area contributed by atoms with Gasteiger partial charge in [-0.2, -0.15) is 0 Å². The van der Waals surface area contributed by atoms with Crippen molar-refractivity contribution in [2.24, 2.45) is 0 Å². The van der Waals surface area contributed by atoms with Gasteiger partial charge in [0, 0.05) is 12.5 Å². The lowest BCUT2D eigenvalue weighted by molar-refractivity contribution is -0.00534. The molecule has 0 unspecified atom stereocenters. The maximum Gasteiger partial charge on any atom is 0.323 e. The third kappa shape index (κ3) is 2.97. The Hall–Kier alpha value is -1.79. The summed E-state index contributed by atoms with van der Waals surface area (Å²) in [5.74, 6) is -2.38. The van der Waals surface area contributed by atoms with E-state index in [9.17, 15) is 13.6 Å². The number of carbonyl (C=O) groups is 1. The Morgan fingerprint density at radius 2 is 2.16 bits per heavy atom. The fourth-order valence-corrected chi connectivity index (χ4v) is 2.09. The van der Waals surface area contributed by atoms with E-state index in [0.717, 1.165) is 17.5 Å². The number of nitrogens with one attached hydrogen (secondary N) is 1. The Kier molecular flexibility index (Phi) is 3.38. The number of hydrogen-bond acceptors (Lipinski definition) is 3. The largest absolute Gasteiger partial charge is 0.323 e.